The van der Waals surface area contributed by atoms with E-state index < -0.39 is 0 Å². The Balaban J connectivity index is 1.77. The van der Waals surface area contributed by atoms with E-state index in [-0.39, 0.29) is 0 Å². The Bertz CT molecular complexity index is 832. The molecule has 1 heterocycles. The Kier molecular flexibility index (Phi) is 3.32. The number of para-hydroxylation sites is 1. The van der Waals surface area contributed by atoms with Crippen LogP contribution in [0.15, 0.2) is 52.4 Å². The Hall–Kier alpha value is -1.58. The number of aromatic nitrogens is 2. The van der Waals surface area contributed by atoms with Crippen LogP contribution in [0.25, 0.3) is 10.9 Å². The second kappa shape index (κ2) is 5.32. The molecular weight excluding hydrogens is 300 g/mol. The quantitative estimate of drug-likeness (QED) is 0.496. The topological polar surface area (TPSA) is 25.8 Å². The molecule has 0 unspecified atom stereocenters. The van der Waals surface area contributed by atoms with Gasteiger partial charge in [0.15, 0.2) is 0 Å². The summed E-state index contributed by atoms with van der Waals surface area (Å²) in [4.78, 5) is 9.90. The van der Waals surface area contributed by atoms with Crippen molar-refractivity contribution in [1.82, 2.24) is 9.97 Å². The first-order chi connectivity index (χ1) is 10.3. The summed E-state index contributed by atoms with van der Waals surface area (Å²) in [6.45, 7) is 0. The molecule has 104 valence electrons. The third-order valence-electron chi connectivity index (χ3n) is 3.83. The van der Waals surface area contributed by atoms with Gasteiger partial charge in [0.05, 0.1) is 5.52 Å². The number of hydrogen-bond donors (Lipinski definition) is 0. The summed E-state index contributed by atoms with van der Waals surface area (Å²) in [5, 5.41) is 2.27. The maximum atomic E-state index is 6.05. The molecule has 0 amide bonds. The van der Waals surface area contributed by atoms with Gasteiger partial charge in [0.1, 0.15) is 5.03 Å². The largest absolute Gasteiger partial charge is 0.224 e. The van der Waals surface area contributed by atoms with Gasteiger partial charge in [0.2, 0.25) is 5.28 Å². The van der Waals surface area contributed by atoms with Crippen LogP contribution in [0.5, 0.6) is 0 Å². The zero-order chi connectivity index (χ0) is 14.2. The molecule has 0 atom stereocenters. The fourth-order valence-corrected chi connectivity index (χ4v) is 4.02. The van der Waals surface area contributed by atoms with Gasteiger partial charge in [0.25, 0.3) is 0 Å². The minimum absolute atomic E-state index is 0.303. The molecule has 4 rings (SSSR count). The Morgan fingerprint density at radius 2 is 1.81 bits per heavy atom. The van der Waals surface area contributed by atoms with Gasteiger partial charge in [-0.15, -0.1) is 0 Å². The van der Waals surface area contributed by atoms with Gasteiger partial charge in [-0.3, -0.25) is 0 Å². The molecule has 0 N–H and O–H groups in total. The second-order valence-corrected chi connectivity index (χ2v) is 6.60. The fourth-order valence-electron chi connectivity index (χ4n) is 2.82. The lowest BCUT2D eigenvalue weighted by molar-refractivity contribution is 0.911. The van der Waals surface area contributed by atoms with Crippen LogP contribution in [0.2, 0.25) is 5.28 Å². The van der Waals surface area contributed by atoms with E-state index in [9.17, 15) is 0 Å². The first kappa shape index (κ1) is 13.1. The number of halogens is 1. The van der Waals surface area contributed by atoms with Crippen molar-refractivity contribution in [1.29, 1.82) is 0 Å². The summed E-state index contributed by atoms with van der Waals surface area (Å²) in [5.74, 6) is 0. The molecule has 0 aliphatic heterocycles. The van der Waals surface area contributed by atoms with E-state index >= 15 is 0 Å². The molecule has 0 spiro atoms. The van der Waals surface area contributed by atoms with Crippen molar-refractivity contribution in [3.63, 3.8) is 0 Å². The maximum absolute atomic E-state index is 6.05. The van der Waals surface area contributed by atoms with E-state index in [1.165, 1.54) is 35.3 Å². The smallest absolute Gasteiger partial charge is 0.218 e. The van der Waals surface area contributed by atoms with Crippen molar-refractivity contribution in [2.24, 2.45) is 0 Å². The average Bonchev–Trinajstić information content (AvgIpc) is 2.94. The van der Waals surface area contributed by atoms with Gasteiger partial charge >= 0.3 is 0 Å². The molecule has 0 bridgehead atoms. The summed E-state index contributed by atoms with van der Waals surface area (Å²) in [5.41, 5.74) is 3.86. The van der Waals surface area contributed by atoms with Crippen LogP contribution in [0, 0.1) is 0 Å². The van der Waals surface area contributed by atoms with Crippen molar-refractivity contribution in [2.75, 3.05) is 0 Å². The summed E-state index contributed by atoms with van der Waals surface area (Å²) >= 11 is 7.71. The van der Waals surface area contributed by atoms with E-state index in [2.05, 4.69) is 28.2 Å². The lowest BCUT2D eigenvalue weighted by atomic mass is 10.1. The highest BCUT2D eigenvalue weighted by molar-refractivity contribution is 7.99. The highest BCUT2D eigenvalue weighted by Gasteiger charge is 2.13. The van der Waals surface area contributed by atoms with Gasteiger partial charge in [-0.25, -0.2) is 9.97 Å². The number of fused-ring (bicyclic) bond motifs is 2. The van der Waals surface area contributed by atoms with Gasteiger partial charge in [0, 0.05) is 10.3 Å². The maximum Gasteiger partial charge on any atom is 0.224 e. The molecule has 1 aliphatic carbocycles. The number of rotatable bonds is 2. The normalized spacial score (nSPS) is 13.6. The number of benzene rings is 2. The standard InChI is InChI=1S/C17H13ClN2S/c18-17-19-15-7-2-1-6-14(15)16(20-17)21-13-9-8-11-4-3-5-12(11)10-13/h1-2,6-10H,3-5H2. The van der Waals surface area contributed by atoms with Gasteiger partial charge in [-0.2, -0.15) is 0 Å². The van der Waals surface area contributed by atoms with Crippen molar-refractivity contribution in [3.05, 3.63) is 58.9 Å². The molecule has 0 saturated carbocycles. The summed E-state index contributed by atoms with van der Waals surface area (Å²) < 4.78 is 0. The second-order valence-electron chi connectivity index (χ2n) is 5.20. The molecule has 0 fully saturated rings. The minimum atomic E-state index is 0.303. The Morgan fingerprint density at radius 1 is 0.952 bits per heavy atom. The predicted molar refractivity (Wildman–Crippen MR) is 87.1 cm³/mol. The monoisotopic (exact) mass is 312 g/mol. The molecule has 1 aliphatic rings. The SMILES string of the molecule is Clc1nc(Sc2ccc3c(c2)CCC3)c2ccccc2n1. The summed E-state index contributed by atoms with van der Waals surface area (Å²) in [6.07, 6.45) is 3.67. The van der Waals surface area contributed by atoms with Crippen molar-refractivity contribution in [2.45, 2.75) is 29.2 Å². The lowest BCUT2D eigenvalue weighted by Gasteiger charge is -2.07. The third-order valence-corrected chi connectivity index (χ3v) is 4.99. The molecule has 1 aromatic heterocycles. The third kappa shape index (κ3) is 2.52. The van der Waals surface area contributed by atoms with Crippen LogP contribution < -0.4 is 0 Å². The average molecular weight is 313 g/mol. The van der Waals surface area contributed by atoms with Crippen LogP contribution in [0.3, 0.4) is 0 Å². The summed E-state index contributed by atoms with van der Waals surface area (Å²) in [7, 11) is 0. The highest BCUT2D eigenvalue weighted by Crippen LogP contribution is 2.34. The van der Waals surface area contributed by atoms with Crippen LogP contribution >= 0.6 is 23.4 Å². The van der Waals surface area contributed by atoms with Crippen molar-refractivity contribution < 1.29 is 0 Å². The first-order valence-corrected chi connectivity index (χ1v) is 8.21. The molecule has 3 aromatic rings. The molecule has 0 radical (unpaired) electrons. The Labute approximate surface area is 132 Å². The van der Waals surface area contributed by atoms with Crippen LogP contribution in [-0.2, 0) is 12.8 Å². The van der Waals surface area contributed by atoms with E-state index in [1.807, 2.05) is 24.3 Å². The molecule has 0 saturated heterocycles. The number of aryl methyl sites for hydroxylation is 2. The Morgan fingerprint density at radius 3 is 2.76 bits per heavy atom. The molecular formula is C17H13ClN2S. The lowest BCUT2D eigenvalue weighted by Crippen LogP contribution is -1.90. The molecule has 2 nitrogen and oxygen atoms in total. The van der Waals surface area contributed by atoms with Crippen LogP contribution in [0.1, 0.15) is 17.5 Å². The van der Waals surface area contributed by atoms with Crippen LogP contribution in [-0.4, -0.2) is 9.97 Å². The van der Waals surface area contributed by atoms with Gasteiger partial charge in [-0.1, -0.05) is 36.0 Å². The number of hydrogen-bond acceptors (Lipinski definition) is 3. The van der Waals surface area contributed by atoms with E-state index in [0.29, 0.717) is 5.28 Å². The van der Waals surface area contributed by atoms with E-state index in [4.69, 9.17) is 11.6 Å². The van der Waals surface area contributed by atoms with Crippen molar-refractivity contribution >= 4 is 34.3 Å². The fraction of sp³-hybridized carbons (Fsp3) is 0.176. The summed E-state index contributed by atoms with van der Waals surface area (Å²) in [6, 6.07) is 14.7. The molecule has 21 heavy (non-hydrogen) atoms. The zero-order valence-corrected chi connectivity index (χ0v) is 12.9. The molecule has 2 aromatic carbocycles. The van der Waals surface area contributed by atoms with Gasteiger partial charge < -0.3 is 0 Å². The van der Waals surface area contributed by atoms with E-state index in [0.717, 1.165) is 15.9 Å². The first-order valence-electron chi connectivity index (χ1n) is 7.01. The minimum Gasteiger partial charge on any atom is -0.218 e. The van der Waals surface area contributed by atoms with E-state index in [1.54, 1.807) is 11.8 Å². The zero-order valence-electron chi connectivity index (χ0n) is 11.3. The molecule has 4 heteroatoms. The van der Waals surface area contributed by atoms with Crippen molar-refractivity contribution in [3.8, 4) is 0 Å². The predicted octanol–water partition coefficient (Wildman–Crippen LogP) is 4.92. The highest BCUT2D eigenvalue weighted by atomic mass is 35.5. The van der Waals surface area contributed by atoms with Gasteiger partial charge in [-0.05, 0) is 60.2 Å². The number of nitrogens with zero attached hydrogens (tertiary/aromatic N) is 2. The van der Waals surface area contributed by atoms with Crippen LogP contribution in [0.4, 0.5) is 0 Å².